The van der Waals surface area contributed by atoms with Gasteiger partial charge in [0.05, 0.1) is 0 Å². The molecule has 1 aromatic rings. The van der Waals surface area contributed by atoms with E-state index in [0.717, 1.165) is 56.4 Å². The summed E-state index contributed by atoms with van der Waals surface area (Å²) in [6, 6.07) is 4.53. The first-order valence-corrected chi connectivity index (χ1v) is 9.09. The van der Waals surface area contributed by atoms with Crippen molar-refractivity contribution in [3.8, 4) is 0 Å². The summed E-state index contributed by atoms with van der Waals surface area (Å²) in [5, 5.41) is 3.62. The molecule has 1 saturated heterocycles. The van der Waals surface area contributed by atoms with E-state index in [4.69, 9.17) is 0 Å². The fraction of sp³-hybridized carbons (Fsp3) is 0.632. The van der Waals surface area contributed by atoms with Crippen LogP contribution in [0.15, 0.2) is 18.2 Å². The third kappa shape index (κ3) is 4.32. The van der Waals surface area contributed by atoms with Gasteiger partial charge in [0.25, 0.3) is 0 Å². The summed E-state index contributed by atoms with van der Waals surface area (Å²) >= 11 is 0. The lowest BCUT2D eigenvalue weighted by Crippen LogP contribution is -2.46. The zero-order chi connectivity index (χ0) is 16.7. The van der Waals surface area contributed by atoms with Crippen molar-refractivity contribution >= 4 is 18.3 Å². The molecule has 2 saturated carbocycles. The zero-order valence-corrected chi connectivity index (χ0v) is 15.0. The molecule has 2 atom stereocenters. The van der Waals surface area contributed by atoms with Crippen molar-refractivity contribution in [2.24, 2.45) is 11.8 Å². The molecule has 6 heteroatoms. The second kappa shape index (κ2) is 7.58. The van der Waals surface area contributed by atoms with Gasteiger partial charge in [0.15, 0.2) is 11.6 Å². The van der Waals surface area contributed by atoms with E-state index in [1.807, 2.05) is 4.90 Å². The molecule has 1 heterocycles. The lowest BCUT2D eigenvalue weighted by atomic mass is 10.0. The lowest BCUT2D eigenvalue weighted by molar-refractivity contribution is -0.133. The topological polar surface area (TPSA) is 32.3 Å². The van der Waals surface area contributed by atoms with Crippen LogP contribution in [0.3, 0.4) is 0 Å². The van der Waals surface area contributed by atoms with Gasteiger partial charge in [-0.3, -0.25) is 4.79 Å². The summed E-state index contributed by atoms with van der Waals surface area (Å²) in [6.45, 7) is 2.74. The van der Waals surface area contributed by atoms with E-state index < -0.39 is 11.6 Å². The number of halogens is 3. The molecule has 0 spiro atoms. The average molecular weight is 371 g/mol. The van der Waals surface area contributed by atoms with Gasteiger partial charge in [0, 0.05) is 25.0 Å². The number of benzene rings is 1. The molecule has 0 aromatic heterocycles. The highest BCUT2D eigenvalue weighted by Gasteiger charge is 2.46. The summed E-state index contributed by atoms with van der Waals surface area (Å²) in [4.78, 5) is 14.6. The Morgan fingerprint density at radius 1 is 1.12 bits per heavy atom. The van der Waals surface area contributed by atoms with Gasteiger partial charge in [-0.25, -0.2) is 8.78 Å². The van der Waals surface area contributed by atoms with E-state index in [1.165, 1.54) is 18.9 Å². The van der Waals surface area contributed by atoms with Gasteiger partial charge in [-0.2, -0.15) is 0 Å². The van der Waals surface area contributed by atoms with Crippen molar-refractivity contribution in [2.75, 3.05) is 19.6 Å². The van der Waals surface area contributed by atoms with Gasteiger partial charge in [0.2, 0.25) is 5.91 Å². The number of amides is 1. The number of likely N-dealkylation sites (tertiary alicyclic amines) is 1. The van der Waals surface area contributed by atoms with Crippen molar-refractivity contribution in [3.63, 3.8) is 0 Å². The Kier molecular flexibility index (Phi) is 5.64. The van der Waals surface area contributed by atoms with Crippen molar-refractivity contribution in [2.45, 2.75) is 44.1 Å². The largest absolute Gasteiger partial charge is 0.342 e. The van der Waals surface area contributed by atoms with Crippen LogP contribution in [0.1, 0.15) is 43.6 Å². The van der Waals surface area contributed by atoms with Crippen molar-refractivity contribution in [1.29, 1.82) is 0 Å². The molecule has 0 radical (unpaired) electrons. The second-order valence-corrected chi connectivity index (χ2v) is 7.57. The van der Waals surface area contributed by atoms with Gasteiger partial charge in [-0.1, -0.05) is 6.07 Å². The molecular formula is C19H25ClF2N2O. The van der Waals surface area contributed by atoms with E-state index in [0.29, 0.717) is 6.04 Å². The van der Waals surface area contributed by atoms with Gasteiger partial charge in [-0.05, 0) is 68.2 Å². The Morgan fingerprint density at radius 2 is 1.84 bits per heavy atom. The lowest BCUT2D eigenvalue weighted by Gasteiger charge is -2.33. The fourth-order valence-electron chi connectivity index (χ4n) is 3.77. The summed E-state index contributed by atoms with van der Waals surface area (Å²) in [6.07, 6.45) is 5.50. The van der Waals surface area contributed by atoms with E-state index in [-0.39, 0.29) is 30.2 Å². The van der Waals surface area contributed by atoms with Crippen LogP contribution in [0.25, 0.3) is 0 Å². The SMILES string of the molecule is Cl.O=C(C1CC1c1ccc(F)c(F)c1)N1CCC(NCC2CC2)CC1. The summed E-state index contributed by atoms with van der Waals surface area (Å²) in [5.41, 5.74) is 0.744. The van der Waals surface area contributed by atoms with Crippen LogP contribution in [0.4, 0.5) is 8.78 Å². The number of carbonyl (C=O) groups excluding carboxylic acids is 1. The molecule has 1 N–H and O–H groups in total. The first-order valence-electron chi connectivity index (χ1n) is 9.09. The van der Waals surface area contributed by atoms with E-state index >= 15 is 0 Å². The van der Waals surface area contributed by atoms with E-state index in [1.54, 1.807) is 6.07 Å². The number of hydrogen-bond acceptors (Lipinski definition) is 2. The smallest absolute Gasteiger partial charge is 0.226 e. The Morgan fingerprint density at radius 3 is 2.48 bits per heavy atom. The maximum absolute atomic E-state index is 13.3. The molecule has 2 aliphatic carbocycles. The minimum atomic E-state index is -0.831. The average Bonchev–Trinajstić information content (AvgIpc) is 3.49. The third-order valence-electron chi connectivity index (χ3n) is 5.68. The third-order valence-corrected chi connectivity index (χ3v) is 5.68. The molecule has 25 heavy (non-hydrogen) atoms. The Labute approximate surface area is 153 Å². The van der Waals surface area contributed by atoms with Crippen LogP contribution >= 0.6 is 12.4 Å². The summed E-state index contributed by atoms with van der Waals surface area (Å²) in [5.74, 6) is -0.585. The summed E-state index contributed by atoms with van der Waals surface area (Å²) < 4.78 is 26.4. The Hall–Kier alpha value is -1.20. The number of rotatable bonds is 5. The number of nitrogens with zero attached hydrogens (tertiary/aromatic N) is 1. The highest BCUT2D eigenvalue weighted by atomic mass is 35.5. The highest BCUT2D eigenvalue weighted by Crippen LogP contribution is 2.48. The predicted molar refractivity (Wildman–Crippen MR) is 94.8 cm³/mol. The predicted octanol–water partition coefficient (Wildman–Crippen LogP) is 3.48. The number of carbonyl (C=O) groups is 1. The van der Waals surface area contributed by atoms with Gasteiger partial charge in [0.1, 0.15) is 0 Å². The molecule has 4 rings (SSSR count). The van der Waals surface area contributed by atoms with Gasteiger partial charge >= 0.3 is 0 Å². The zero-order valence-electron chi connectivity index (χ0n) is 14.2. The van der Waals surface area contributed by atoms with Crippen molar-refractivity contribution < 1.29 is 13.6 Å². The van der Waals surface area contributed by atoms with Crippen molar-refractivity contribution in [1.82, 2.24) is 10.2 Å². The van der Waals surface area contributed by atoms with E-state index in [2.05, 4.69) is 5.32 Å². The molecule has 0 bridgehead atoms. The maximum Gasteiger partial charge on any atom is 0.226 e. The minimum Gasteiger partial charge on any atom is -0.342 e. The molecule has 3 nitrogen and oxygen atoms in total. The molecule has 1 aromatic carbocycles. The monoisotopic (exact) mass is 370 g/mol. The number of nitrogens with one attached hydrogen (secondary N) is 1. The van der Waals surface area contributed by atoms with Gasteiger partial charge in [-0.15, -0.1) is 12.4 Å². The Balaban J connectivity index is 0.00000182. The van der Waals surface area contributed by atoms with Crippen LogP contribution in [0.5, 0.6) is 0 Å². The molecule has 1 aliphatic heterocycles. The molecule has 3 fully saturated rings. The van der Waals surface area contributed by atoms with Crippen LogP contribution in [0.2, 0.25) is 0 Å². The van der Waals surface area contributed by atoms with Crippen LogP contribution in [-0.4, -0.2) is 36.5 Å². The number of piperidine rings is 1. The van der Waals surface area contributed by atoms with Crippen LogP contribution in [0, 0.1) is 23.5 Å². The molecule has 1 amide bonds. The van der Waals surface area contributed by atoms with Crippen molar-refractivity contribution in [3.05, 3.63) is 35.4 Å². The highest BCUT2D eigenvalue weighted by molar-refractivity contribution is 5.85. The van der Waals surface area contributed by atoms with Gasteiger partial charge < -0.3 is 10.2 Å². The second-order valence-electron chi connectivity index (χ2n) is 7.57. The first-order chi connectivity index (χ1) is 11.6. The normalized spacial score (nSPS) is 26.2. The maximum atomic E-state index is 13.3. The molecule has 2 unspecified atom stereocenters. The standard InChI is InChI=1S/C19H24F2N2O.ClH/c20-17-4-3-13(9-18(17)21)15-10-16(15)19(24)23-7-5-14(6-8-23)22-11-12-1-2-12;/h3-4,9,12,14-16,22H,1-2,5-8,10-11H2;1H. The van der Waals surface area contributed by atoms with Crippen LogP contribution < -0.4 is 5.32 Å². The fourth-order valence-corrected chi connectivity index (χ4v) is 3.77. The molecular weight excluding hydrogens is 346 g/mol. The summed E-state index contributed by atoms with van der Waals surface area (Å²) in [7, 11) is 0. The number of hydrogen-bond donors (Lipinski definition) is 1. The first kappa shape index (κ1) is 18.6. The molecule has 138 valence electrons. The molecule has 3 aliphatic rings. The Bertz CT molecular complexity index is 630. The minimum absolute atomic E-state index is 0. The van der Waals surface area contributed by atoms with E-state index in [9.17, 15) is 13.6 Å². The van der Waals surface area contributed by atoms with Crippen LogP contribution in [-0.2, 0) is 4.79 Å². The quantitative estimate of drug-likeness (QED) is 0.860.